The summed E-state index contributed by atoms with van der Waals surface area (Å²) in [4.78, 5) is 6.92. The lowest BCUT2D eigenvalue weighted by Gasteiger charge is -2.41. The minimum Gasteiger partial charge on any atom is -0.508 e. The number of benzene rings is 2. The molecule has 0 spiro atoms. The number of fused-ring (bicyclic) bond motifs is 2. The van der Waals surface area contributed by atoms with Gasteiger partial charge in [0, 0.05) is 43.0 Å². The van der Waals surface area contributed by atoms with Crippen LogP contribution < -0.4 is 5.01 Å². The van der Waals surface area contributed by atoms with Crippen molar-refractivity contribution in [3.8, 4) is 5.75 Å². The Bertz CT molecular complexity index is 744. The molecule has 2 heterocycles. The lowest BCUT2D eigenvalue weighted by Crippen LogP contribution is -2.51. The predicted octanol–water partition coefficient (Wildman–Crippen LogP) is 3.41. The highest BCUT2D eigenvalue weighted by atomic mass is 35.5. The van der Waals surface area contributed by atoms with Crippen molar-refractivity contribution >= 4 is 34.9 Å². The summed E-state index contributed by atoms with van der Waals surface area (Å²) < 4.78 is 0. The molecular formula is C18H19ClN4O. The van der Waals surface area contributed by atoms with E-state index in [-0.39, 0.29) is 5.75 Å². The first-order chi connectivity index (χ1) is 11.6. The Labute approximate surface area is 146 Å². The number of halogens is 1. The first kappa shape index (κ1) is 15.4. The van der Waals surface area contributed by atoms with Gasteiger partial charge in [0.25, 0.3) is 0 Å². The van der Waals surface area contributed by atoms with Gasteiger partial charge in [0.05, 0.1) is 17.1 Å². The maximum Gasteiger partial charge on any atom is 0.116 e. The minimum atomic E-state index is 0.238. The van der Waals surface area contributed by atoms with Crippen molar-refractivity contribution in [1.82, 2.24) is 9.91 Å². The second-order valence-electron chi connectivity index (χ2n) is 6.20. The van der Waals surface area contributed by atoms with E-state index in [1.54, 1.807) is 18.3 Å². The van der Waals surface area contributed by atoms with Crippen LogP contribution in [0.1, 0.15) is 5.56 Å². The largest absolute Gasteiger partial charge is 0.508 e. The first-order valence-electron chi connectivity index (χ1n) is 8.02. The van der Waals surface area contributed by atoms with E-state index in [9.17, 15) is 5.11 Å². The van der Waals surface area contributed by atoms with Gasteiger partial charge in [-0.3, -0.25) is 10.0 Å². The Morgan fingerprint density at radius 1 is 1.00 bits per heavy atom. The Hall–Kier alpha value is -2.08. The van der Waals surface area contributed by atoms with E-state index >= 15 is 0 Å². The maximum absolute atomic E-state index is 9.85. The predicted molar refractivity (Wildman–Crippen MR) is 98.0 cm³/mol. The van der Waals surface area contributed by atoms with Gasteiger partial charge in [-0.05, 0) is 43.4 Å². The van der Waals surface area contributed by atoms with Crippen LogP contribution in [0.25, 0.3) is 0 Å². The fraction of sp³-hybridized carbons (Fsp3) is 0.278. The van der Waals surface area contributed by atoms with Crippen LogP contribution >= 0.6 is 11.6 Å². The summed E-state index contributed by atoms with van der Waals surface area (Å²) in [5.74, 6) is 0.238. The highest BCUT2D eigenvalue weighted by Crippen LogP contribution is 2.41. The number of hydrogen-bond donors (Lipinski definition) is 1. The number of hydrogen-bond acceptors (Lipinski definition) is 5. The smallest absolute Gasteiger partial charge is 0.116 e. The highest BCUT2D eigenvalue weighted by Gasteiger charge is 2.27. The van der Waals surface area contributed by atoms with Crippen molar-refractivity contribution in [2.75, 3.05) is 38.2 Å². The molecule has 0 aromatic heterocycles. The van der Waals surface area contributed by atoms with Crippen LogP contribution in [0.5, 0.6) is 5.75 Å². The van der Waals surface area contributed by atoms with Gasteiger partial charge >= 0.3 is 0 Å². The van der Waals surface area contributed by atoms with Gasteiger partial charge in [-0.15, -0.1) is 0 Å². The molecule has 0 aliphatic carbocycles. The number of likely N-dealkylation sites (N-methyl/N-ethyl adjacent to an activating group) is 1. The van der Waals surface area contributed by atoms with Crippen molar-refractivity contribution < 1.29 is 5.11 Å². The Kier molecular flexibility index (Phi) is 3.92. The molecule has 0 atom stereocenters. The average molecular weight is 343 g/mol. The number of anilines is 2. The topological polar surface area (TPSA) is 42.3 Å². The van der Waals surface area contributed by atoms with E-state index < -0.39 is 0 Å². The summed E-state index contributed by atoms with van der Waals surface area (Å²) in [5.41, 5.74) is 3.74. The van der Waals surface area contributed by atoms with Crippen molar-refractivity contribution in [1.29, 1.82) is 0 Å². The number of nitrogens with zero attached hydrogens (tertiary/aromatic N) is 4. The molecule has 1 N–H and O–H groups in total. The molecule has 0 radical (unpaired) electrons. The molecule has 2 aliphatic heterocycles. The molecule has 1 fully saturated rings. The van der Waals surface area contributed by atoms with Crippen molar-refractivity contribution in [3.05, 3.63) is 47.0 Å². The summed E-state index contributed by atoms with van der Waals surface area (Å²) in [7, 11) is 2.14. The van der Waals surface area contributed by atoms with Gasteiger partial charge in [0.15, 0.2) is 0 Å². The zero-order valence-corrected chi connectivity index (χ0v) is 14.2. The molecular weight excluding hydrogens is 324 g/mol. The molecule has 5 nitrogen and oxygen atoms in total. The SMILES string of the molecule is CN1CCN(N2c3ccc(O)cc3C=Nc3cc(Cl)ccc32)CC1. The Morgan fingerprint density at radius 3 is 2.54 bits per heavy atom. The molecule has 6 heteroatoms. The number of piperazine rings is 1. The Balaban J connectivity index is 1.85. The van der Waals surface area contributed by atoms with Crippen LogP contribution in [0, 0.1) is 0 Å². The molecule has 0 amide bonds. The lowest BCUT2D eigenvalue weighted by molar-refractivity contribution is 0.155. The molecule has 0 unspecified atom stereocenters. The van der Waals surface area contributed by atoms with Crippen molar-refractivity contribution in [2.24, 2.45) is 4.99 Å². The second-order valence-corrected chi connectivity index (χ2v) is 6.64. The number of aliphatic imine (C=N–C) groups is 1. The number of rotatable bonds is 1. The normalized spacial score (nSPS) is 18.2. The number of phenols is 1. The number of phenolic OH excluding ortho intramolecular Hbond substituents is 1. The van der Waals surface area contributed by atoms with Crippen LogP contribution in [-0.2, 0) is 0 Å². The zero-order valence-electron chi connectivity index (χ0n) is 13.5. The van der Waals surface area contributed by atoms with Gasteiger partial charge in [-0.25, -0.2) is 5.01 Å². The second kappa shape index (κ2) is 6.09. The van der Waals surface area contributed by atoms with E-state index in [1.165, 1.54) is 0 Å². The van der Waals surface area contributed by atoms with Gasteiger partial charge in [0.1, 0.15) is 5.75 Å². The fourth-order valence-corrected chi connectivity index (χ4v) is 3.35. The van der Waals surface area contributed by atoms with E-state index in [0.717, 1.165) is 48.8 Å². The first-order valence-corrected chi connectivity index (χ1v) is 8.40. The monoisotopic (exact) mass is 342 g/mol. The van der Waals surface area contributed by atoms with Crippen molar-refractivity contribution in [2.45, 2.75) is 0 Å². The van der Waals surface area contributed by atoms with Gasteiger partial charge in [-0.2, -0.15) is 0 Å². The third-order valence-electron chi connectivity index (χ3n) is 4.51. The molecule has 2 aromatic carbocycles. The third kappa shape index (κ3) is 2.75. The third-order valence-corrected chi connectivity index (χ3v) is 4.75. The highest BCUT2D eigenvalue weighted by molar-refractivity contribution is 6.31. The molecule has 0 bridgehead atoms. The Morgan fingerprint density at radius 2 is 1.75 bits per heavy atom. The molecule has 24 heavy (non-hydrogen) atoms. The van der Waals surface area contributed by atoms with Crippen LogP contribution in [0.4, 0.5) is 17.1 Å². The summed E-state index contributed by atoms with van der Waals surface area (Å²) in [6.07, 6.45) is 1.79. The summed E-state index contributed by atoms with van der Waals surface area (Å²) >= 11 is 6.17. The average Bonchev–Trinajstić information content (AvgIpc) is 2.72. The number of hydrazine groups is 1. The zero-order chi connectivity index (χ0) is 16.7. The van der Waals surface area contributed by atoms with Crippen LogP contribution in [-0.4, -0.2) is 54.5 Å². The summed E-state index contributed by atoms with van der Waals surface area (Å²) in [6, 6.07) is 11.2. The molecule has 1 saturated heterocycles. The summed E-state index contributed by atoms with van der Waals surface area (Å²) in [6.45, 7) is 3.87. The maximum atomic E-state index is 9.85. The fourth-order valence-electron chi connectivity index (χ4n) is 3.19. The van der Waals surface area contributed by atoms with Crippen molar-refractivity contribution in [3.63, 3.8) is 0 Å². The lowest BCUT2D eigenvalue weighted by atomic mass is 10.1. The van der Waals surface area contributed by atoms with Crippen LogP contribution in [0.2, 0.25) is 5.02 Å². The number of aromatic hydroxyl groups is 1. The standard InChI is InChI=1S/C18H19ClN4O/c1-21-6-8-22(9-7-21)23-17-5-3-15(24)10-13(17)12-20-16-11-14(19)2-4-18(16)23/h2-5,10-12,24H,6-9H2,1H3. The van der Waals surface area contributed by atoms with Gasteiger partial charge in [0.2, 0.25) is 0 Å². The van der Waals surface area contributed by atoms with Crippen LogP contribution in [0.3, 0.4) is 0 Å². The van der Waals surface area contributed by atoms with E-state index in [1.807, 2.05) is 24.3 Å². The molecule has 2 aliphatic rings. The van der Waals surface area contributed by atoms with Gasteiger partial charge in [-0.1, -0.05) is 11.6 Å². The molecule has 0 saturated carbocycles. The molecule has 2 aromatic rings. The van der Waals surface area contributed by atoms with Gasteiger partial charge < -0.3 is 10.0 Å². The van der Waals surface area contributed by atoms with E-state index in [2.05, 4.69) is 27.0 Å². The van der Waals surface area contributed by atoms with Crippen LogP contribution in [0.15, 0.2) is 41.4 Å². The quantitative estimate of drug-likeness (QED) is 0.862. The molecule has 124 valence electrons. The minimum absolute atomic E-state index is 0.238. The van der Waals surface area contributed by atoms with E-state index in [4.69, 9.17) is 11.6 Å². The van der Waals surface area contributed by atoms with E-state index in [0.29, 0.717) is 5.02 Å². The molecule has 4 rings (SSSR count). The summed E-state index contributed by atoms with van der Waals surface area (Å²) in [5, 5.41) is 15.1.